The maximum Gasteiger partial charge on any atom is 0.407 e. The van der Waals surface area contributed by atoms with Crippen LogP contribution in [0.5, 0.6) is 0 Å². The van der Waals surface area contributed by atoms with Gasteiger partial charge in [-0.1, -0.05) is 0 Å². The van der Waals surface area contributed by atoms with Gasteiger partial charge in [0.2, 0.25) is 11.8 Å². The molecule has 0 radical (unpaired) electrons. The molecule has 1 atom stereocenters. The molecular formula is C16H25N3O4. The molecule has 23 heavy (non-hydrogen) atoms. The van der Waals surface area contributed by atoms with Crippen molar-refractivity contribution in [2.45, 2.75) is 69.6 Å². The van der Waals surface area contributed by atoms with E-state index in [0.29, 0.717) is 19.0 Å². The second-order valence-electron chi connectivity index (χ2n) is 6.69. The van der Waals surface area contributed by atoms with Crippen molar-refractivity contribution in [2.75, 3.05) is 13.1 Å². The van der Waals surface area contributed by atoms with Crippen LogP contribution in [0.15, 0.2) is 0 Å². The first kappa shape index (κ1) is 16.1. The number of hydrogen-bond acceptors (Lipinski definition) is 4. The van der Waals surface area contributed by atoms with Crippen LogP contribution in [0.1, 0.15) is 51.4 Å². The third-order valence-electron chi connectivity index (χ3n) is 4.76. The van der Waals surface area contributed by atoms with Gasteiger partial charge in [-0.15, -0.1) is 0 Å². The number of nitrogens with zero attached hydrogens (tertiary/aromatic N) is 1. The topological polar surface area (TPSA) is 87.7 Å². The molecule has 3 aliphatic rings. The average molecular weight is 323 g/mol. The molecule has 3 rings (SSSR count). The number of alkyl carbamates (subject to hydrolysis) is 1. The van der Waals surface area contributed by atoms with E-state index >= 15 is 0 Å². The number of nitrogens with one attached hydrogen (secondary N) is 2. The Labute approximate surface area is 136 Å². The molecule has 1 saturated heterocycles. The summed E-state index contributed by atoms with van der Waals surface area (Å²) in [5.74, 6) is -0.284. The highest BCUT2D eigenvalue weighted by Crippen LogP contribution is 2.23. The first-order valence-electron chi connectivity index (χ1n) is 8.68. The maximum atomic E-state index is 12.3. The summed E-state index contributed by atoms with van der Waals surface area (Å²) in [6.45, 7) is 0.458. The van der Waals surface area contributed by atoms with Gasteiger partial charge < -0.3 is 20.3 Å². The molecule has 0 aromatic heterocycles. The molecule has 2 aliphatic carbocycles. The van der Waals surface area contributed by atoms with Crippen molar-refractivity contribution in [1.29, 1.82) is 0 Å². The molecule has 3 amide bonds. The first-order valence-corrected chi connectivity index (χ1v) is 8.68. The summed E-state index contributed by atoms with van der Waals surface area (Å²) >= 11 is 0. The molecular weight excluding hydrogens is 298 g/mol. The molecule has 2 saturated carbocycles. The first-order chi connectivity index (χ1) is 11.1. The van der Waals surface area contributed by atoms with E-state index in [1.165, 1.54) is 0 Å². The number of likely N-dealkylation sites (tertiary alicyclic amines) is 1. The summed E-state index contributed by atoms with van der Waals surface area (Å²) < 4.78 is 5.26. The van der Waals surface area contributed by atoms with Gasteiger partial charge >= 0.3 is 6.09 Å². The fourth-order valence-electron chi connectivity index (χ4n) is 3.31. The molecule has 128 valence electrons. The number of ether oxygens (including phenoxy) is 1. The highest BCUT2D eigenvalue weighted by atomic mass is 16.6. The molecule has 3 fully saturated rings. The Morgan fingerprint density at radius 2 is 1.74 bits per heavy atom. The second kappa shape index (κ2) is 7.19. The molecule has 0 aromatic carbocycles. The van der Waals surface area contributed by atoms with Gasteiger partial charge in [-0.3, -0.25) is 9.59 Å². The van der Waals surface area contributed by atoms with Crippen LogP contribution in [0.2, 0.25) is 0 Å². The van der Waals surface area contributed by atoms with Crippen LogP contribution in [0.25, 0.3) is 0 Å². The number of amides is 3. The molecule has 2 N–H and O–H groups in total. The molecule has 1 aliphatic heterocycles. The van der Waals surface area contributed by atoms with E-state index in [-0.39, 0.29) is 24.5 Å². The van der Waals surface area contributed by atoms with E-state index in [2.05, 4.69) is 10.6 Å². The number of hydrogen-bond donors (Lipinski definition) is 2. The minimum atomic E-state index is -0.538. The predicted molar refractivity (Wildman–Crippen MR) is 82.6 cm³/mol. The minimum absolute atomic E-state index is 0.0195. The SMILES string of the molecule is O=C(NCC(=O)N1CCC[C@H]1C(=O)NC1CC1)OC1CCCC1. The Morgan fingerprint density at radius 1 is 1.00 bits per heavy atom. The van der Waals surface area contributed by atoms with Crippen LogP contribution >= 0.6 is 0 Å². The van der Waals surface area contributed by atoms with E-state index in [4.69, 9.17) is 4.74 Å². The lowest BCUT2D eigenvalue weighted by molar-refractivity contribution is -0.137. The summed E-state index contributed by atoms with van der Waals surface area (Å²) in [5, 5.41) is 5.46. The Morgan fingerprint density at radius 3 is 2.43 bits per heavy atom. The minimum Gasteiger partial charge on any atom is -0.446 e. The summed E-state index contributed by atoms with van der Waals surface area (Å²) in [7, 11) is 0. The van der Waals surface area contributed by atoms with Crippen LogP contribution in [-0.4, -0.2) is 54.1 Å². The summed E-state index contributed by atoms with van der Waals surface area (Å²) in [6, 6.07) is -0.102. The zero-order valence-corrected chi connectivity index (χ0v) is 13.4. The molecule has 1 heterocycles. The molecule has 7 nitrogen and oxygen atoms in total. The van der Waals surface area contributed by atoms with Crippen LogP contribution in [-0.2, 0) is 14.3 Å². The standard InChI is InChI=1S/C16H25N3O4/c20-14(10-17-16(22)23-12-4-1-2-5-12)19-9-3-6-13(19)15(21)18-11-7-8-11/h11-13H,1-10H2,(H,17,22)(H,18,21)/t13-/m0/s1. The third-order valence-corrected chi connectivity index (χ3v) is 4.76. The van der Waals surface area contributed by atoms with Crippen molar-refractivity contribution >= 4 is 17.9 Å². The Bertz CT molecular complexity index is 472. The van der Waals surface area contributed by atoms with Gasteiger partial charge in [-0.25, -0.2) is 4.79 Å². The largest absolute Gasteiger partial charge is 0.446 e. The number of carbonyl (C=O) groups excluding carboxylic acids is 3. The lowest BCUT2D eigenvalue weighted by Gasteiger charge is -2.24. The molecule has 0 unspecified atom stereocenters. The van der Waals surface area contributed by atoms with Crippen molar-refractivity contribution < 1.29 is 19.1 Å². The van der Waals surface area contributed by atoms with Gasteiger partial charge in [0.25, 0.3) is 0 Å². The van der Waals surface area contributed by atoms with E-state index in [9.17, 15) is 14.4 Å². The third kappa shape index (κ3) is 4.36. The Kier molecular flexibility index (Phi) is 5.03. The normalized spacial score (nSPS) is 24.5. The molecule has 0 aromatic rings. The summed E-state index contributed by atoms with van der Waals surface area (Å²) in [5.41, 5.74) is 0. The van der Waals surface area contributed by atoms with Crippen molar-refractivity contribution in [1.82, 2.24) is 15.5 Å². The highest BCUT2D eigenvalue weighted by molar-refractivity contribution is 5.90. The van der Waals surface area contributed by atoms with Crippen molar-refractivity contribution in [3.8, 4) is 0 Å². The van der Waals surface area contributed by atoms with Gasteiger partial charge in [0, 0.05) is 12.6 Å². The van der Waals surface area contributed by atoms with Gasteiger partial charge in [0.15, 0.2) is 0 Å². The summed E-state index contributed by atoms with van der Waals surface area (Å²) in [6.07, 6.45) is 6.98. The predicted octanol–water partition coefficient (Wildman–Crippen LogP) is 0.925. The van der Waals surface area contributed by atoms with Crippen LogP contribution in [0.4, 0.5) is 4.79 Å². The van der Waals surface area contributed by atoms with Gasteiger partial charge in [0.1, 0.15) is 18.7 Å². The number of carbonyl (C=O) groups is 3. The van der Waals surface area contributed by atoms with Gasteiger partial charge in [-0.05, 0) is 51.4 Å². The Hall–Kier alpha value is -1.79. The molecule has 0 spiro atoms. The lowest BCUT2D eigenvalue weighted by atomic mass is 10.2. The zero-order chi connectivity index (χ0) is 16.2. The molecule has 7 heteroatoms. The number of rotatable bonds is 5. The summed E-state index contributed by atoms with van der Waals surface area (Å²) in [4.78, 5) is 37.7. The van der Waals surface area contributed by atoms with E-state index in [1.54, 1.807) is 4.90 Å². The Balaban J connectivity index is 1.42. The quantitative estimate of drug-likeness (QED) is 0.788. The van der Waals surface area contributed by atoms with Gasteiger partial charge in [0.05, 0.1) is 0 Å². The fourth-order valence-corrected chi connectivity index (χ4v) is 3.31. The lowest BCUT2D eigenvalue weighted by Crippen LogP contribution is -2.49. The molecule has 0 bridgehead atoms. The smallest absolute Gasteiger partial charge is 0.407 e. The van der Waals surface area contributed by atoms with Gasteiger partial charge in [-0.2, -0.15) is 0 Å². The van der Waals surface area contributed by atoms with E-state index in [1.807, 2.05) is 0 Å². The fraction of sp³-hybridized carbons (Fsp3) is 0.812. The maximum absolute atomic E-state index is 12.3. The highest BCUT2D eigenvalue weighted by Gasteiger charge is 2.36. The van der Waals surface area contributed by atoms with Crippen LogP contribution in [0.3, 0.4) is 0 Å². The average Bonchev–Trinajstić information content (AvgIpc) is 3.03. The van der Waals surface area contributed by atoms with E-state index in [0.717, 1.165) is 44.9 Å². The van der Waals surface area contributed by atoms with Crippen LogP contribution < -0.4 is 10.6 Å². The monoisotopic (exact) mass is 323 g/mol. The van der Waals surface area contributed by atoms with Crippen molar-refractivity contribution in [3.63, 3.8) is 0 Å². The zero-order valence-electron chi connectivity index (χ0n) is 13.4. The van der Waals surface area contributed by atoms with E-state index < -0.39 is 12.1 Å². The second-order valence-corrected chi connectivity index (χ2v) is 6.69. The van der Waals surface area contributed by atoms with Crippen LogP contribution in [0, 0.1) is 0 Å². The van der Waals surface area contributed by atoms with Crippen molar-refractivity contribution in [2.24, 2.45) is 0 Å². The van der Waals surface area contributed by atoms with Crippen molar-refractivity contribution in [3.05, 3.63) is 0 Å².